The molecule has 15 heteroatoms. The first-order valence-corrected chi connectivity index (χ1v) is 16.1. The minimum atomic E-state index is -6.09. The van der Waals surface area contributed by atoms with Crippen molar-refractivity contribution in [1.29, 1.82) is 0 Å². The third-order valence-electron chi connectivity index (χ3n) is 8.29. The molecular weight excluding hydrogens is 842 g/mol. The summed E-state index contributed by atoms with van der Waals surface area (Å²) in [4.78, 5) is 55.0. The molecule has 6 rings (SSSR count). The van der Waals surface area contributed by atoms with E-state index in [4.69, 9.17) is 0 Å². The van der Waals surface area contributed by atoms with Crippen molar-refractivity contribution in [2.45, 2.75) is 31.6 Å². The van der Waals surface area contributed by atoms with E-state index in [1.807, 2.05) is 0 Å². The van der Waals surface area contributed by atoms with E-state index < -0.39 is 69.2 Å². The lowest BCUT2D eigenvalue weighted by molar-refractivity contribution is -0.288. The van der Waals surface area contributed by atoms with Crippen molar-refractivity contribution in [3.05, 3.63) is 125 Å². The lowest BCUT2D eigenvalue weighted by Crippen LogP contribution is -2.55. The maximum atomic E-state index is 15.2. The first-order chi connectivity index (χ1) is 22.3. The van der Waals surface area contributed by atoms with Gasteiger partial charge in [-0.05, 0) is 105 Å². The number of carbonyl (C=O) groups is 4. The third-order valence-corrected chi connectivity index (χ3v) is 9.95. The Bertz CT molecular complexity index is 2090. The molecule has 2 heterocycles. The van der Waals surface area contributed by atoms with Crippen LogP contribution >= 0.6 is 47.8 Å². The summed E-state index contributed by atoms with van der Waals surface area (Å²) in [6, 6.07) is 11.0. The van der Waals surface area contributed by atoms with Gasteiger partial charge in [0.15, 0.2) is 0 Å². The Morgan fingerprint density at radius 3 is 1.44 bits per heavy atom. The Kier molecular flexibility index (Phi) is 8.07. The number of halogens is 9. The van der Waals surface area contributed by atoms with Crippen molar-refractivity contribution in [1.82, 2.24) is 0 Å². The first kappa shape index (κ1) is 34.1. The largest absolute Gasteiger partial charge is 0.411 e. The number of amides is 4. The van der Waals surface area contributed by atoms with E-state index in [-0.39, 0.29) is 25.9 Å². The average molecular weight is 859 g/mol. The van der Waals surface area contributed by atoms with Gasteiger partial charge >= 0.3 is 12.4 Å². The Balaban J connectivity index is 1.53. The number of fused-ring (bicyclic) bond motifs is 2. The van der Waals surface area contributed by atoms with Crippen molar-refractivity contribution in [3.63, 3.8) is 0 Å². The van der Waals surface area contributed by atoms with Crippen molar-refractivity contribution >= 4 is 82.8 Å². The number of alkyl halides is 6. The van der Waals surface area contributed by atoms with E-state index in [9.17, 15) is 19.2 Å². The Hall–Kier alpha value is -3.82. The molecule has 0 saturated heterocycles. The number of hydrogen-bond donors (Lipinski definition) is 0. The van der Waals surface area contributed by atoms with Crippen LogP contribution in [0.25, 0.3) is 0 Å². The summed E-state index contributed by atoms with van der Waals surface area (Å²) in [7, 11) is 0. The number of rotatable bonds is 4. The third kappa shape index (κ3) is 4.87. The molecule has 0 aromatic heterocycles. The molecule has 0 saturated carbocycles. The zero-order valence-corrected chi connectivity index (χ0v) is 29.0. The van der Waals surface area contributed by atoms with E-state index >= 15 is 26.3 Å². The fourth-order valence-electron chi connectivity index (χ4n) is 6.16. The Labute approximate surface area is 293 Å². The van der Waals surface area contributed by atoms with Crippen LogP contribution in [0.15, 0.2) is 80.1 Å². The molecule has 2 aliphatic rings. The molecule has 6 nitrogen and oxygen atoms in total. The average Bonchev–Trinajstić information content (AvgIpc) is 3.35. The summed E-state index contributed by atoms with van der Waals surface area (Å²) >= 11 is 9.72. The normalized spacial score (nSPS) is 15.1. The molecule has 0 radical (unpaired) electrons. The van der Waals surface area contributed by atoms with Gasteiger partial charge in [0.25, 0.3) is 23.6 Å². The number of hydrogen-bond acceptors (Lipinski definition) is 4. The second-order valence-electron chi connectivity index (χ2n) is 11.2. The summed E-state index contributed by atoms with van der Waals surface area (Å²) in [5.41, 5.74) is -8.34. The molecule has 4 aromatic rings. The zero-order chi connectivity index (χ0) is 35.2. The molecule has 0 bridgehead atoms. The number of aryl methyl sites for hydroxylation is 2. The van der Waals surface area contributed by atoms with Gasteiger partial charge in [-0.1, -0.05) is 45.8 Å². The van der Waals surface area contributed by atoms with E-state index in [1.54, 1.807) is 26.0 Å². The van der Waals surface area contributed by atoms with Gasteiger partial charge in [-0.3, -0.25) is 19.2 Å². The second-order valence-corrected chi connectivity index (χ2v) is 13.8. The molecule has 0 fully saturated rings. The van der Waals surface area contributed by atoms with Crippen molar-refractivity contribution in [2.24, 2.45) is 0 Å². The zero-order valence-electron chi connectivity index (χ0n) is 24.3. The quantitative estimate of drug-likeness (QED) is 0.152. The highest BCUT2D eigenvalue weighted by Crippen LogP contribution is 2.57. The van der Waals surface area contributed by atoms with Crippen LogP contribution in [-0.4, -0.2) is 36.0 Å². The van der Waals surface area contributed by atoms with Gasteiger partial charge in [0.2, 0.25) is 5.41 Å². The molecule has 246 valence electrons. The fourth-order valence-corrected chi connectivity index (χ4v) is 8.77. The predicted molar refractivity (Wildman–Crippen MR) is 174 cm³/mol. The van der Waals surface area contributed by atoms with Gasteiger partial charge in [0.05, 0.1) is 33.6 Å². The van der Waals surface area contributed by atoms with Crippen LogP contribution in [-0.2, 0) is 5.41 Å². The SMILES string of the molecule is Cc1ccc(N2C(=O)c3ccc(C(c4ccc5c(c4)C(=O)N(c4c(Br)cc(Br)cc4Br)C5=O)(C(F)(F)F)C(F)(F)F)cc3C2=O)c(C)c1. The van der Waals surface area contributed by atoms with E-state index in [0.717, 1.165) is 17.7 Å². The highest BCUT2D eigenvalue weighted by atomic mass is 79.9. The van der Waals surface area contributed by atoms with Gasteiger partial charge in [-0.25, -0.2) is 9.80 Å². The van der Waals surface area contributed by atoms with E-state index in [0.29, 0.717) is 44.1 Å². The number of nitrogens with zero attached hydrogens (tertiary/aromatic N) is 2. The fraction of sp³-hybridized carbons (Fsp3) is 0.152. The van der Waals surface area contributed by atoms with Crippen LogP contribution in [0, 0.1) is 13.8 Å². The highest BCUT2D eigenvalue weighted by molar-refractivity contribution is 9.11. The molecule has 0 N–H and O–H groups in total. The number of carbonyl (C=O) groups excluding carboxylic acids is 4. The summed E-state index contributed by atoms with van der Waals surface area (Å²) in [5.74, 6) is -4.14. The summed E-state index contributed by atoms with van der Waals surface area (Å²) < 4.78 is 91.9. The molecule has 0 spiro atoms. The molecular formula is C33H17Br3F6N2O4. The molecule has 0 unspecified atom stereocenters. The molecule has 48 heavy (non-hydrogen) atoms. The monoisotopic (exact) mass is 856 g/mol. The van der Waals surface area contributed by atoms with Gasteiger partial charge in [0, 0.05) is 13.4 Å². The molecule has 2 aliphatic heterocycles. The van der Waals surface area contributed by atoms with Crippen LogP contribution in [0.4, 0.5) is 37.7 Å². The molecule has 4 aromatic carbocycles. The minimum absolute atomic E-state index is 0.0148. The van der Waals surface area contributed by atoms with Gasteiger partial charge < -0.3 is 0 Å². The van der Waals surface area contributed by atoms with Crippen LogP contribution in [0.5, 0.6) is 0 Å². The smallest absolute Gasteiger partial charge is 0.268 e. The Morgan fingerprint density at radius 2 is 0.979 bits per heavy atom. The highest BCUT2D eigenvalue weighted by Gasteiger charge is 2.73. The Morgan fingerprint density at radius 1 is 0.542 bits per heavy atom. The molecule has 4 amide bonds. The van der Waals surface area contributed by atoms with Crippen molar-refractivity contribution in [2.75, 3.05) is 9.80 Å². The van der Waals surface area contributed by atoms with Crippen molar-refractivity contribution < 1.29 is 45.5 Å². The summed E-state index contributed by atoms with van der Waals surface area (Å²) in [5, 5.41) is 0. The van der Waals surface area contributed by atoms with Crippen LogP contribution in [0.3, 0.4) is 0 Å². The van der Waals surface area contributed by atoms with Gasteiger partial charge in [-0.15, -0.1) is 0 Å². The number of benzene rings is 4. The second kappa shape index (κ2) is 11.4. The topological polar surface area (TPSA) is 74.8 Å². The maximum absolute atomic E-state index is 15.2. The maximum Gasteiger partial charge on any atom is 0.411 e. The molecule has 0 aliphatic carbocycles. The first-order valence-electron chi connectivity index (χ1n) is 13.7. The van der Waals surface area contributed by atoms with Crippen LogP contribution < -0.4 is 9.80 Å². The minimum Gasteiger partial charge on any atom is -0.268 e. The predicted octanol–water partition coefficient (Wildman–Crippen LogP) is 9.60. The lowest BCUT2D eigenvalue weighted by Gasteiger charge is -2.38. The van der Waals surface area contributed by atoms with Crippen LogP contribution in [0.2, 0.25) is 0 Å². The summed E-state index contributed by atoms with van der Waals surface area (Å²) in [6.45, 7) is 3.36. The standard InChI is InChI=1S/C33H17Br3F6N2O4/c1-14-3-8-25(15(2)9-14)43-27(45)19-6-4-16(10-21(19)29(43)47)31(32(37,38)39,33(40,41)42)17-5-7-20-22(11-17)30(48)44(28(20)46)26-23(35)12-18(34)13-24(26)36/h3-13H,1-2H3. The van der Waals surface area contributed by atoms with Crippen molar-refractivity contribution in [3.8, 4) is 0 Å². The summed E-state index contributed by atoms with van der Waals surface area (Å²) in [6.07, 6.45) is -12.2. The van der Waals surface area contributed by atoms with E-state index in [1.165, 1.54) is 18.2 Å². The van der Waals surface area contributed by atoms with Gasteiger partial charge in [-0.2, -0.15) is 26.3 Å². The molecule has 0 atom stereocenters. The van der Waals surface area contributed by atoms with Crippen LogP contribution in [0.1, 0.15) is 63.7 Å². The van der Waals surface area contributed by atoms with Gasteiger partial charge in [0.1, 0.15) is 0 Å². The number of anilines is 2. The lowest BCUT2D eigenvalue weighted by atomic mass is 9.71. The van der Waals surface area contributed by atoms with E-state index in [2.05, 4.69) is 47.8 Å². The number of imide groups is 2.